The van der Waals surface area contributed by atoms with Gasteiger partial charge in [-0.3, -0.25) is 24.0 Å². The number of benzene rings is 2. The number of hydrogen-bond donors (Lipinski definition) is 2. The number of aliphatic hydroxyl groups excluding tert-OH is 1. The van der Waals surface area contributed by atoms with E-state index in [2.05, 4.69) is 14.9 Å². The van der Waals surface area contributed by atoms with Crippen LogP contribution in [0.15, 0.2) is 57.3 Å². The van der Waals surface area contributed by atoms with E-state index in [-0.39, 0.29) is 53.7 Å². The van der Waals surface area contributed by atoms with Gasteiger partial charge in [0, 0.05) is 60.5 Å². The molecule has 3 fully saturated rings. The predicted octanol–water partition coefficient (Wildman–Crippen LogP) is 3.61. The van der Waals surface area contributed by atoms with Crippen molar-refractivity contribution < 1.29 is 33.7 Å². The van der Waals surface area contributed by atoms with Gasteiger partial charge in [0.25, 0.3) is 5.91 Å². The van der Waals surface area contributed by atoms with Gasteiger partial charge in [-0.25, -0.2) is 19.0 Å². The van der Waals surface area contributed by atoms with Crippen molar-refractivity contribution >= 4 is 69.0 Å². The first kappa shape index (κ1) is 36.2. The number of aliphatic imine (C=N–C) groups is 1. The minimum absolute atomic E-state index is 0.0269. The molecule has 8 rings (SSSR count). The average molecular weight is 780 g/mol. The Kier molecular flexibility index (Phi) is 9.46. The molecule has 0 radical (unpaired) electrons. The van der Waals surface area contributed by atoms with Crippen molar-refractivity contribution in [2.45, 2.75) is 43.5 Å². The molecule has 1 saturated carbocycles. The molecule has 3 unspecified atom stereocenters. The highest BCUT2D eigenvalue weighted by atomic mass is 35.5. The highest BCUT2D eigenvalue weighted by molar-refractivity contribution is 8.00. The number of carboxylic acids is 1. The highest BCUT2D eigenvalue weighted by Gasteiger charge is 2.39. The number of halogens is 2. The Labute approximate surface area is 316 Å². The number of carbonyl (C=O) groups excluding carboxylic acids is 1. The molecule has 1 amide bonds. The summed E-state index contributed by atoms with van der Waals surface area (Å²) in [7, 11) is 1.41. The third kappa shape index (κ3) is 6.32. The van der Waals surface area contributed by atoms with Crippen LogP contribution >= 0.6 is 23.4 Å². The molecule has 5 heterocycles. The monoisotopic (exact) mass is 779 g/mol. The van der Waals surface area contributed by atoms with Crippen molar-refractivity contribution in [3.63, 3.8) is 0 Å². The van der Waals surface area contributed by atoms with Gasteiger partial charge in [-0.15, -0.1) is 11.8 Å². The van der Waals surface area contributed by atoms with E-state index in [4.69, 9.17) is 21.1 Å². The fourth-order valence-electron chi connectivity index (χ4n) is 7.33. The zero-order valence-electron chi connectivity index (χ0n) is 29.1. The molecule has 2 saturated heterocycles. The lowest BCUT2D eigenvalue weighted by atomic mass is 10.1. The summed E-state index contributed by atoms with van der Waals surface area (Å²) in [6.07, 6.45) is 3.83. The van der Waals surface area contributed by atoms with Crippen LogP contribution in [0.1, 0.15) is 48.0 Å². The van der Waals surface area contributed by atoms with Crippen LogP contribution in [0, 0.1) is 5.82 Å². The first-order valence-corrected chi connectivity index (χ1v) is 18.7. The largest absolute Gasteiger partial charge is 0.492 e. The van der Waals surface area contributed by atoms with Crippen LogP contribution in [0.4, 0.5) is 21.6 Å². The number of rotatable bonds is 9. The van der Waals surface area contributed by atoms with Gasteiger partial charge < -0.3 is 29.2 Å². The number of ether oxygens (including phenoxy) is 2. The maximum Gasteiger partial charge on any atom is 0.351 e. The highest BCUT2D eigenvalue weighted by Crippen LogP contribution is 2.44. The van der Waals surface area contributed by atoms with Crippen molar-refractivity contribution in [2.75, 3.05) is 55.6 Å². The van der Waals surface area contributed by atoms with Crippen LogP contribution in [-0.4, -0.2) is 104 Å². The van der Waals surface area contributed by atoms with Crippen LogP contribution in [-0.2, 0) is 9.53 Å². The molecule has 54 heavy (non-hydrogen) atoms. The summed E-state index contributed by atoms with van der Waals surface area (Å²) in [5, 5.41) is 19.4. The number of fused-ring (bicyclic) bond motifs is 2. The number of aliphatic hydroxyl groups is 1. The van der Waals surface area contributed by atoms with Gasteiger partial charge in [-0.1, -0.05) is 11.6 Å². The second-order valence-electron chi connectivity index (χ2n) is 13.6. The number of nitrogens with zero attached hydrogens (tertiary/aromatic N) is 7. The zero-order chi connectivity index (χ0) is 38.0. The number of pyridine rings is 1. The summed E-state index contributed by atoms with van der Waals surface area (Å²) in [4.78, 5) is 66.1. The summed E-state index contributed by atoms with van der Waals surface area (Å²) in [6.45, 7) is 3.08. The maximum absolute atomic E-state index is 16.0. The molecule has 4 aromatic rings. The van der Waals surface area contributed by atoms with Crippen LogP contribution in [0.3, 0.4) is 0 Å². The third-order valence-electron chi connectivity index (χ3n) is 10.2. The molecule has 2 N–H and O–H groups in total. The Bertz CT molecular complexity index is 2370. The zero-order valence-corrected chi connectivity index (χ0v) is 30.7. The van der Waals surface area contributed by atoms with Crippen LogP contribution in [0.25, 0.3) is 10.9 Å². The normalized spacial score (nSPS) is 22.4. The fourth-order valence-corrected chi connectivity index (χ4v) is 8.44. The Morgan fingerprint density at radius 3 is 2.63 bits per heavy atom. The van der Waals surface area contributed by atoms with Gasteiger partial charge in [0.15, 0.2) is 17.4 Å². The number of carboxylic acid groups (broad SMARTS) is 1. The number of aromatic carboxylic acids is 1. The Hall–Kier alpha value is -4.81. The van der Waals surface area contributed by atoms with Crippen LogP contribution < -0.4 is 25.7 Å². The molecule has 3 aliphatic heterocycles. The lowest BCUT2D eigenvalue weighted by molar-refractivity contribution is -0.112. The summed E-state index contributed by atoms with van der Waals surface area (Å²) in [5.41, 5.74) is -0.545. The van der Waals surface area contributed by atoms with Gasteiger partial charge in [-0.2, -0.15) is 4.98 Å². The average Bonchev–Trinajstić information content (AvgIpc) is 3.83. The van der Waals surface area contributed by atoms with E-state index in [1.165, 1.54) is 41.9 Å². The maximum atomic E-state index is 16.0. The van der Waals surface area contributed by atoms with Crippen molar-refractivity contribution in [3.05, 3.63) is 85.4 Å². The fraction of sp³-hybridized carbons (Fsp3) is 0.389. The van der Waals surface area contributed by atoms with Gasteiger partial charge in [0.2, 0.25) is 5.43 Å². The number of amides is 1. The van der Waals surface area contributed by atoms with E-state index in [1.807, 2.05) is 11.8 Å². The second kappa shape index (κ2) is 14.1. The molecule has 3 atom stereocenters. The van der Waals surface area contributed by atoms with Crippen molar-refractivity contribution in [2.24, 2.45) is 4.99 Å². The lowest BCUT2D eigenvalue weighted by Crippen LogP contribution is -2.55. The number of methoxy groups -OCH3 is 1. The van der Waals surface area contributed by atoms with Gasteiger partial charge >= 0.3 is 11.7 Å². The lowest BCUT2D eigenvalue weighted by Gasteiger charge is -2.42. The summed E-state index contributed by atoms with van der Waals surface area (Å²) in [5.74, 6) is -1.81. The predicted molar refractivity (Wildman–Crippen MR) is 200 cm³/mol. The number of anilines is 2. The van der Waals surface area contributed by atoms with Crippen molar-refractivity contribution in [3.8, 4) is 5.75 Å². The number of aromatic nitrogens is 3. The minimum Gasteiger partial charge on any atom is -0.492 e. The SMILES string of the molecule is COc1c(N2CCN(CN3C(=O)C(=Nc4ccn(C5CSC(CO)O5)c(=O)n4)c4cc(Cl)ccc43)C(C)C2)c(F)cc2c(=O)c(C(=O)O)cn(C3CC3)c12. The summed E-state index contributed by atoms with van der Waals surface area (Å²) >= 11 is 7.76. The number of thioether (sulfide) groups is 1. The van der Waals surface area contributed by atoms with Gasteiger partial charge in [-0.05, 0) is 50.1 Å². The Balaban J connectivity index is 1.05. The standard InChI is InChI=1S/C36H35ClFN7O8S/c1-18-13-41(31-24(38)12-22-30(33(31)52-2)44(20-4-5-20)14-23(32(22)47)35(49)50)9-10-42(18)17-45-25-6-3-19(37)11-21(25)29(34(45)48)39-26-7-8-43(36(51)40-26)27-16-54-28(15-46)53-27/h3,6-8,11-12,14,18,20,27-28,46H,4-5,9-10,13,15-17H2,1-2H3,(H,49,50). The molecule has 2 aromatic carbocycles. The first-order chi connectivity index (χ1) is 26.0. The number of hydrogen-bond acceptors (Lipinski definition) is 12. The summed E-state index contributed by atoms with van der Waals surface area (Å²) < 4.78 is 30.6. The van der Waals surface area contributed by atoms with E-state index in [0.717, 1.165) is 18.9 Å². The molecule has 282 valence electrons. The Morgan fingerprint density at radius 1 is 1.17 bits per heavy atom. The van der Waals surface area contributed by atoms with E-state index >= 15 is 4.39 Å². The first-order valence-electron chi connectivity index (χ1n) is 17.3. The molecular weight excluding hydrogens is 745 g/mol. The molecular formula is C36H35ClFN7O8S. The quantitative estimate of drug-likeness (QED) is 0.253. The van der Waals surface area contributed by atoms with Crippen molar-refractivity contribution in [1.82, 2.24) is 19.0 Å². The number of piperazine rings is 1. The van der Waals surface area contributed by atoms with Crippen LogP contribution in [0.5, 0.6) is 5.75 Å². The molecule has 4 aliphatic rings. The van der Waals surface area contributed by atoms with E-state index < -0.39 is 46.0 Å². The molecule has 15 nitrogen and oxygen atoms in total. The second-order valence-corrected chi connectivity index (χ2v) is 15.2. The molecule has 2 aromatic heterocycles. The van der Waals surface area contributed by atoms with E-state index in [1.54, 1.807) is 27.7 Å². The number of carbonyl (C=O) groups is 2. The van der Waals surface area contributed by atoms with E-state index in [9.17, 15) is 29.4 Å². The van der Waals surface area contributed by atoms with Gasteiger partial charge in [0.1, 0.15) is 28.6 Å². The topological polar surface area (TPSA) is 172 Å². The smallest absolute Gasteiger partial charge is 0.351 e. The van der Waals surface area contributed by atoms with Crippen molar-refractivity contribution in [1.29, 1.82) is 0 Å². The minimum atomic E-state index is -1.38. The van der Waals surface area contributed by atoms with E-state index in [0.29, 0.717) is 47.2 Å². The molecule has 0 spiro atoms. The van der Waals surface area contributed by atoms with Crippen LogP contribution in [0.2, 0.25) is 5.02 Å². The molecule has 1 aliphatic carbocycles. The Morgan fingerprint density at radius 2 is 1.96 bits per heavy atom. The molecule has 0 bridgehead atoms. The molecule has 18 heteroatoms. The summed E-state index contributed by atoms with van der Waals surface area (Å²) in [6, 6.07) is 7.46. The van der Waals surface area contributed by atoms with Gasteiger partial charge in [0.05, 0.1) is 37.0 Å². The third-order valence-corrected chi connectivity index (χ3v) is 11.5.